The van der Waals surface area contributed by atoms with E-state index in [0.717, 1.165) is 11.4 Å². The summed E-state index contributed by atoms with van der Waals surface area (Å²) in [4.78, 5) is 15.2. The molecule has 0 aliphatic heterocycles. The highest BCUT2D eigenvalue weighted by Gasteiger charge is 2.19. The van der Waals surface area contributed by atoms with Crippen LogP contribution in [0.3, 0.4) is 0 Å². The highest BCUT2D eigenvalue weighted by molar-refractivity contribution is 6.35. The number of nitrogens with one attached hydrogen (secondary N) is 1. The van der Waals surface area contributed by atoms with Crippen LogP contribution in [-0.4, -0.2) is 15.0 Å². The summed E-state index contributed by atoms with van der Waals surface area (Å²) in [5.41, 5.74) is 8.54. The maximum atomic E-state index is 6.48. The second kappa shape index (κ2) is 8.98. The molecule has 0 aliphatic carbocycles. The van der Waals surface area contributed by atoms with Crippen LogP contribution < -0.4 is 16.0 Å². The van der Waals surface area contributed by atoms with Gasteiger partial charge in [-0.2, -0.15) is 0 Å². The Morgan fingerprint density at radius 3 is 2.47 bits per heavy atom. The largest absolute Gasteiger partial charge is 0.393 e. The maximum absolute atomic E-state index is 6.48. The van der Waals surface area contributed by atoms with Crippen LogP contribution in [0.5, 0.6) is 0 Å². The second-order valence-corrected chi connectivity index (χ2v) is 7.31. The third kappa shape index (κ3) is 4.45. The van der Waals surface area contributed by atoms with Gasteiger partial charge in [0.05, 0.1) is 17.3 Å². The van der Waals surface area contributed by atoms with E-state index >= 15 is 0 Å². The molecule has 0 atom stereocenters. The van der Waals surface area contributed by atoms with Crippen molar-refractivity contribution in [2.75, 3.05) is 16.0 Å². The molecule has 0 bridgehead atoms. The predicted octanol–water partition coefficient (Wildman–Crippen LogP) is 5.84. The summed E-state index contributed by atoms with van der Waals surface area (Å²) >= 11 is 12.4. The van der Waals surface area contributed by atoms with E-state index in [-0.39, 0.29) is 0 Å². The standard InChI is InChI=1S/C22H18Cl2N6/c23-16-9-10-17(24)18(12-16)29-21-20(25)22(28-14-27-21)30(19-8-4-5-11-26-19)13-15-6-2-1-3-7-15/h1-12,14H,13,25H2,(H,27,28,29). The van der Waals surface area contributed by atoms with Crippen LogP contribution in [0.4, 0.5) is 28.8 Å². The minimum Gasteiger partial charge on any atom is -0.393 e. The molecule has 0 fully saturated rings. The van der Waals surface area contributed by atoms with E-state index in [4.69, 9.17) is 28.9 Å². The van der Waals surface area contributed by atoms with Gasteiger partial charge in [-0.25, -0.2) is 15.0 Å². The Morgan fingerprint density at radius 1 is 0.900 bits per heavy atom. The van der Waals surface area contributed by atoms with Crippen LogP contribution in [0.2, 0.25) is 10.0 Å². The number of pyridine rings is 1. The van der Waals surface area contributed by atoms with Gasteiger partial charge in [0.1, 0.15) is 17.8 Å². The highest BCUT2D eigenvalue weighted by atomic mass is 35.5. The molecule has 2 heterocycles. The lowest BCUT2D eigenvalue weighted by atomic mass is 10.2. The Hall–Kier alpha value is -3.35. The molecule has 0 saturated carbocycles. The monoisotopic (exact) mass is 436 g/mol. The summed E-state index contributed by atoms with van der Waals surface area (Å²) in [7, 11) is 0. The number of benzene rings is 2. The first-order valence-corrected chi connectivity index (χ1v) is 9.92. The summed E-state index contributed by atoms with van der Waals surface area (Å²) < 4.78 is 0. The van der Waals surface area contributed by atoms with Crippen LogP contribution in [0, 0.1) is 0 Å². The molecule has 150 valence electrons. The van der Waals surface area contributed by atoms with E-state index in [0.29, 0.717) is 39.6 Å². The second-order valence-electron chi connectivity index (χ2n) is 6.47. The normalized spacial score (nSPS) is 10.6. The number of halogens is 2. The predicted molar refractivity (Wildman–Crippen MR) is 123 cm³/mol. The molecule has 0 radical (unpaired) electrons. The molecule has 0 saturated heterocycles. The van der Waals surface area contributed by atoms with Crippen LogP contribution in [0.25, 0.3) is 0 Å². The zero-order chi connectivity index (χ0) is 20.9. The van der Waals surface area contributed by atoms with Gasteiger partial charge in [-0.05, 0) is 35.9 Å². The molecule has 0 spiro atoms. The molecule has 2 aromatic heterocycles. The topological polar surface area (TPSA) is 80.0 Å². The molecular formula is C22H18Cl2N6. The van der Waals surface area contributed by atoms with E-state index in [1.807, 2.05) is 53.4 Å². The smallest absolute Gasteiger partial charge is 0.163 e. The van der Waals surface area contributed by atoms with Gasteiger partial charge in [-0.3, -0.25) is 0 Å². The van der Waals surface area contributed by atoms with E-state index in [1.54, 1.807) is 24.4 Å². The van der Waals surface area contributed by atoms with Gasteiger partial charge < -0.3 is 16.0 Å². The quantitative estimate of drug-likeness (QED) is 0.394. The Kier molecular flexibility index (Phi) is 5.97. The number of hydrogen-bond acceptors (Lipinski definition) is 6. The van der Waals surface area contributed by atoms with Crippen LogP contribution in [0.1, 0.15) is 5.56 Å². The third-order valence-electron chi connectivity index (χ3n) is 4.41. The molecule has 4 aromatic rings. The Morgan fingerprint density at radius 2 is 1.70 bits per heavy atom. The van der Waals surface area contributed by atoms with Gasteiger partial charge in [-0.15, -0.1) is 0 Å². The number of nitrogens with zero attached hydrogens (tertiary/aromatic N) is 4. The minimum absolute atomic E-state index is 0.370. The molecule has 8 heteroatoms. The number of rotatable bonds is 6. The van der Waals surface area contributed by atoms with E-state index in [9.17, 15) is 0 Å². The van der Waals surface area contributed by atoms with Crippen molar-refractivity contribution in [3.8, 4) is 0 Å². The lowest BCUT2D eigenvalue weighted by Crippen LogP contribution is -2.21. The number of anilines is 5. The van der Waals surface area contributed by atoms with Crippen LogP contribution in [0.15, 0.2) is 79.3 Å². The van der Waals surface area contributed by atoms with Gasteiger partial charge in [-0.1, -0.05) is 59.6 Å². The molecular weight excluding hydrogens is 419 g/mol. The van der Waals surface area contributed by atoms with Crippen molar-refractivity contribution in [3.05, 3.63) is 94.9 Å². The first-order valence-electron chi connectivity index (χ1n) is 9.17. The van der Waals surface area contributed by atoms with Gasteiger partial charge in [0.15, 0.2) is 11.6 Å². The fourth-order valence-electron chi connectivity index (χ4n) is 2.97. The van der Waals surface area contributed by atoms with Crippen molar-refractivity contribution < 1.29 is 0 Å². The molecule has 3 N–H and O–H groups in total. The van der Waals surface area contributed by atoms with Crippen molar-refractivity contribution in [1.29, 1.82) is 0 Å². The lowest BCUT2D eigenvalue weighted by molar-refractivity contribution is 0.918. The number of hydrogen-bond donors (Lipinski definition) is 2. The molecule has 4 rings (SSSR count). The molecule has 2 aromatic carbocycles. The fourth-order valence-corrected chi connectivity index (χ4v) is 3.30. The summed E-state index contributed by atoms with van der Waals surface area (Å²) in [5, 5.41) is 4.21. The van der Waals surface area contributed by atoms with Crippen molar-refractivity contribution in [2.24, 2.45) is 0 Å². The van der Waals surface area contributed by atoms with Crippen molar-refractivity contribution >= 4 is 52.0 Å². The van der Waals surface area contributed by atoms with E-state index in [1.165, 1.54) is 6.33 Å². The summed E-state index contributed by atoms with van der Waals surface area (Å²) in [6, 6.07) is 20.9. The molecule has 0 amide bonds. The first kappa shape index (κ1) is 19.9. The SMILES string of the molecule is Nc1c(Nc2cc(Cl)ccc2Cl)ncnc1N(Cc1ccccc1)c1ccccn1. The average molecular weight is 437 g/mol. The lowest BCUT2D eigenvalue weighted by Gasteiger charge is -2.25. The third-order valence-corrected chi connectivity index (χ3v) is 4.97. The van der Waals surface area contributed by atoms with Gasteiger partial charge in [0, 0.05) is 11.2 Å². The van der Waals surface area contributed by atoms with Crippen molar-refractivity contribution in [1.82, 2.24) is 15.0 Å². The maximum Gasteiger partial charge on any atom is 0.163 e. The Bertz CT molecular complexity index is 1140. The van der Waals surface area contributed by atoms with Crippen LogP contribution >= 0.6 is 23.2 Å². The Balaban J connectivity index is 1.74. The molecule has 0 aliphatic rings. The van der Waals surface area contributed by atoms with E-state index in [2.05, 4.69) is 20.3 Å². The summed E-state index contributed by atoms with van der Waals surface area (Å²) in [6.45, 7) is 0.538. The van der Waals surface area contributed by atoms with E-state index < -0.39 is 0 Å². The molecule has 6 nitrogen and oxygen atoms in total. The van der Waals surface area contributed by atoms with Crippen LogP contribution in [-0.2, 0) is 6.54 Å². The fraction of sp³-hybridized carbons (Fsp3) is 0.0455. The van der Waals surface area contributed by atoms with Crippen molar-refractivity contribution in [2.45, 2.75) is 6.54 Å². The summed E-state index contributed by atoms with van der Waals surface area (Å²) in [5.74, 6) is 1.69. The minimum atomic E-state index is 0.370. The Labute approximate surface area is 184 Å². The van der Waals surface area contributed by atoms with Gasteiger partial charge in [0.2, 0.25) is 0 Å². The van der Waals surface area contributed by atoms with Gasteiger partial charge >= 0.3 is 0 Å². The summed E-state index contributed by atoms with van der Waals surface area (Å²) in [6.07, 6.45) is 3.18. The first-order chi connectivity index (χ1) is 14.6. The highest BCUT2D eigenvalue weighted by Crippen LogP contribution is 2.35. The van der Waals surface area contributed by atoms with Gasteiger partial charge in [0.25, 0.3) is 0 Å². The molecule has 30 heavy (non-hydrogen) atoms. The number of nitrogen functional groups attached to an aromatic ring is 1. The number of nitrogens with two attached hydrogens (primary N) is 1. The van der Waals surface area contributed by atoms with Crippen molar-refractivity contribution in [3.63, 3.8) is 0 Å². The zero-order valence-corrected chi connectivity index (χ0v) is 17.3. The zero-order valence-electron chi connectivity index (χ0n) is 15.8. The molecule has 0 unspecified atom stereocenters. The number of aromatic nitrogens is 3. The average Bonchev–Trinajstić information content (AvgIpc) is 2.77.